The zero-order chi connectivity index (χ0) is 16.4. The van der Waals surface area contributed by atoms with Crippen LogP contribution in [0.3, 0.4) is 0 Å². The summed E-state index contributed by atoms with van der Waals surface area (Å²) in [5, 5.41) is 6.53. The van der Waals surface area contributed by atoms with Gasteiger partial charge in [0.15, 0.2) is 11.6 Å². The first kappa shape index (κ1) is 15.5. The van der Waals surface area contributed by atoms with Crippen LogP contribution in [0.4, 0.5) is 13.2 Å². The maximum atomic E-state index is 13.7. The van der Waals surface area contributed by atoms with Crippen LogP contribution in [-0.2, 0) is 11.2 Å². The van der Waals surface area contributed by atoms with Gasteiger partial charge in [-0.3, -0.25) is 9.89 Å². The van der Waals surface area contributed by atoms with Gasteiger partial charge in [0, 0.05) is 18.2 Å². The van der Waals surface area contributed by atoms with Crippen LogP contribution in [0, 0.1) is 17.5 Å². The Morgan fingerprint density at radius 2 is 2.00 bits per heavy atom. The first-order valence-corrected chi connectivity index (χ1v) is 7.34. The molecular weight excluding hydrogens is 309 g/mol. The molecule has 8 heteroatoms. The molecule has 0 radical (unpaired) electrons. The highest BCUT2D eigenvalue weighted by Crippen LogP contribution is 2.29. The molecule has 1 unspecified atom stereocenters. The predicted octanol–water partition coefficient (Wildman–Crippen LogP) is 2.52. The fourth-order valence-corrected chi connectivity index (χ4v) is 2.85. The molecule has 122 valence electrons. The standard InChI is InChI=1S/C15H15F3N4O/c16-10-7-12(18)11(17)5-9(10)6-14(23)22-4-2-1-3-13(22)15-19-8-20-21-15/h5,7-8,13H,1-4,6H2,(H,19,20,21). The van der Waals surface area contributed by atoms with Crippen LogP contribution in [0.2, 0.25) is 0 Å². The zero-order valence-corrected chi connectivity index (χ0v) is 12.2. The van der Waals surface area contributed by atoms with Gasteiger partial charge in [-0.05, 0) is 25.3 Å². The van der Waals surface area contributed by atoms with E-state index in [4.69, 9.17) is 0 Å². The summed E-state index contributed by atoms with van der Waals surface area (Å²) in [4.78, 5) is 18.2. The number of hydrogen-bond acceptors (Lipinski definition) is 3. The lowest BCUT2D eigenvalue weighted by molar-refractivity contribution is -0.134. The number of halogens is 3. The number of aromatic amines is 1. The Morgan fingerprint density at radius 3 is 2.74 bits per heavy atom. The molecule has 2 heterocycles. The van der Waals surface area contributed by atoms with Gasteiger partial charge in [-0.25, -0.2) is 18.2 Å². The van der Waals surface area contributed by atoms with Crippen molar-refractivity contribution < 1.29 is 18.0 Å². The van der Waals surface area contributed by atoms with E-state index in [2.05, 4.69) is 15.2 Å². The molecule has 1 aromatic heterocycles. The lowest BCUT2D eigenvalue weighted by Gasteiger charge is -2.34. The molecule has 1 saturated heterocycles. The summed E-state index contributed by atoms with van der Waals surface area (Å²) >= 11 is 0. The van der Waals surface area contributed by atoms with E-state index in [9.17, 15) is 18.0 Å². The minimum absolute atomic E-state index is 0.157. The zero-order valence-electron chi connectivity index (χ0n) is 12.2. The molecule has 1 aromatic carbocycles. The van der Waals surface area contributed by atoms with Crippen LogP contribution >= 0.6 is 0 Å². The van der Waals surface area contributed by atoms with E-state index in [1.807, 2.05) is 0 Å². The van der Waals surface area contributed by atoms with Gasteiger partial charge in [0.1, 0.15) is 18.0 Å². The highest BCUT2D eigenvalue weighted by Gasteiger charge is 2.30. The van der Waals surface area contributed by atoms with Crippen LogP contribution in [0.25, 0.3) is 0 Å². The Balaban J connectivity index is 1.80. The van der Waals surface area contributed by atoms with Crippen LogP contribution in [0.5, 0.6) is 0 Å². The number of amides is 1. The predicted molar refractivity (Wildman–Crippen MR) is 74.7 cm³/mol. The number of H-pyrrole nitrogens is 1. The van der Waals surface area contributed by atoms with Crippen LogP contribution in [0.1, 0.15) is 36.7 Å². The minimum Gasteiger partial charge on any atom is -0.332 e. The average Bonchev–Trinajstić information content (AvgIpc) is 3.07. The van der Waals surface area contributed by atoms with Crippen molar-refractivity contribution in [3.05, 3.63) is 47.3 Å². The molecule has 2 aromatic rings. The summed E-state index contributed by atoms with van der Waals surface area (Å²) in [6.07, 6.45) is 3.53. The Morgan fingerprint density at radius 1 is 1.22 bits per heavy atom. The monoisotopic (exact) mass is 324 g/mol. The second kappa shape index (κ2) is 6.39. The fraction of sp³-hybridized carbons (Fsp3) is 0.400. The molecule has 1 N–H and O–H groups in total. The molecule has 0 aliphatic carbocycles. The lowest BCUT2D eigenvalue weighted by Crippen LogP contribution is -2.40. The minimum atomic E-state index is -1.27. The molecule has 23 heavy (non-hydrogen) atoms. The van der Waals surface area contributed by atoms with E-state index in [-0.39, 0.29) is 23.9 Å². The maximum absolute atomic E-state index is 13.7. The number of piperidine rings is 1. The lowest BCUT2D eigenvalue weighted by atomic mass is 10.00. The third-order valence-electron chi connectivity index (χ3n) is 4.00. The van der Waals surface area contributed by atoms with Crippen molar-refractivity contribution in [2.24, 2.45) is 0 Å². The third-order valence-corrected chi connectivity index (χ3v) is 4.00. The van der Waals surface area contributed by atoms with E-state index >= 15 is 0 Å². The number of nitrogens with zero attached hydrogens (tertiary/aromatic N) is 3. The van der Waals surface area contributed by atoms with Gasteiger partial charge in [-0.2, -0.15) is 5.10 Å². The molecule has 0 spiro atoms. The van der Waals surface area contributed by atoms with Gasteiger partial charge < -0.3 is 4.90 Å². The number of nitrogens with one attached hydrogen (secondary N) is 1. The van der Waals surface area contributed by atoms with Crippen LogP contribution < -0.4 is 0 Å². The Labute approximate surface area is 130 Å². The van der Waals surface area contributed by atoms with Gasteiger partial charge in [-0.1, -0.05) is 0 Å². The van der Waals surface area contributed by atoms with Crippen molar-refractivity contribution in [3.63, 3.8) is 0 Å². The largest absolute Gasteiger partial charge is 0.332 e. The summed E-state index contributed by atoms with van der Waals surface area (Å²) in [6.45, 7) is 0.509. The highest BCUT2D eigenvalue weighted by atomic mass is 19.2. The molecule has 1 aliphatic heterocycles. The number of carbonyl (C=O) groups excluding carboxylic acids is 1. The van der Waals surface area contributed by atoms with Crippen molar-refractivity contribution in [2.75, 3.05) is 6.54 Å². The van der Waals surface area contributed by atoms with E-state index in [0.29, 0.717) is 18.4 Å². The first-order chi connectivity index (χ1) is 11.1. The smallest absolute Gasteiger partial charge is 0.227 e. The number of carbonyl (C=O) groups is 1. The van der Waals surface area contributed by atoms with Crippen LogP contribution in [0.15, 0.2) is 18.5 Å². The molecule has 1 amide bonds. The molecule has 0 bridgehead atoms. The van der Waals surface area contributed by atoms with E-state index in [0.717, 1.165) is 25.3 Å². The average molecular weight is 324 g/mol. The Kier molecular flexibility index (Phi) is 4.31. The molecule has 3 rings (SSSR count). The maximum Gasteiger partial charge on any atom is 0.227 e. The Bertz CT molecular complexity index is 705. The van der Waals surface area contributed by atoms with Gasteiger partial charge >= 0.3 is 0 Å². The van der Waals surface area contributed by atoms with Gasteiger partial charge in [-0.15, -0.1) is 0 Å². The van der Waals surface area contributed by atoms with Gasteiger partial charge in [0.25, 0.3) is 0 Å². The summed E-state index contributed by atoms with van der Waals surface area (Å²) in [6, 6.07) is 0.935. The Hall–Kier alpha value is -2.38. The van der Waals surface area contributed by atoms with Gasteiger partial charge in [0.05, 0.1) is 12.5 Å². The molecular formula is C15H15F3N4O. The molecule has 1 aliphatic rings. The van der Waals surface area contributed by atoms with Crippen molar-refractivity contribution in [3.8, 4) is 0 Å². The summed E-state index contributed by atoms with van der Waals surface area (Å²) in [5.41, 5.74) is -0.157. The number of hydrogen-bond donors (Lipinski definition) is 1. The van der Waals surface area contributed by atoms with Crippen molar-refractivity contribution in [1.82, 2.24) is 20.1 Å². The molecule has 1 fully saturated rings. The molecule has 5 nitrogen and oxygen atoms in total. The van der Waals surface area contributed by atoms with Crippen molar-refractivity contribution in [1.29, 1.82) is 0 Å². The number of likely N-dealkylation sites (tertiary alicyclic amines) is 1. The first-order valence-electron chi connectivity index (χ1n) is 7.34. The number of aromatic nitrogens is 3. The normalized spacial score (nSPS) is 18.2. The van der Waals surface area contributed by atoms with Gasteiger partial charge in [0.2, 0.25) is 5.91 Å². The quantitative estimate of drug-likeness (QED) is 0.883. The molecule has 0 saturated carbocycles. The second-order valence-electron chi connectivity index (χ2n) is 5.50. The van der Waals surface area contributed by atoms with Crippen molar-refractivity contribution >= 4 is 5.91 Å². The van der Waals surface area contributed by atoms with E-state index in [1.165, 1.54) is 6.33 Å². The summed E-state index contributed by atoms with van der Waals surface area (Å²) < 4.78 is 40.0. The fourth-order valence-electron chi connectivity index (χ4n) is 2.85. The van der Waals surface area contributed by atoms with E-state index in [1.54, 1.807) is 4.90 Å². The summed E-state index contributed by atoms with van der Waals surface area (Å²) in [7, 11) is 0. The van der Waals surface area contributed by atoms with Crippen LogP contribution in [-0.4, -0.2) is 32.5 Å². The highest BCUT2D eigenvalue weighted by molar-refractivity contribution is 5.79. The topological polar surface area (TPSA) is 61.9 Å². The van der Waals surface area contributed by atoms with E-state index < -0.39 is 17.5 Å². The SMILES string of the molecule is O=C(Cc1cc(F)c(F)cc1F)N1CCCCC1c1ncn[nH]1. The third kappa shape index (κ3) is 3.20. The summed E-state index contributed by atoms with van der Waals surface area (Å²) in [5.74, 6) is -3.14. The number of rotatable bonds is 3. The number of benzene rings is 1. The molecule has 1 atom stereocenters. The van der Waals surface area contributed by atoms with Crippen molar-refractivity contribution in [2.45, 2.75) is 31.7 Å². The second-order valence-corrected chi connectivity index (χ2v) is 5.50.